The van der Waals surface area contributed by atoms with E-state index in [0.717, 1.165) is 39.9 Å². The summed E-state index contributed by atoms with van der Waals surface area (Å²) in [4.78, 5) is 18.0. The number of fused-ring (bicyclic) bond motifs is 1. The lowest BCUT2D eigenvalue weighted by atomic mass is 9.96. The number of nitrogens with zero attached hydrogens (tertiary/aromatic N) is 1. The van der Waals surface area contributed by atoms with Crippen molar-refractivity contribution in [2.45, 2.75) is 25.6 Å². The van der Waals surface area contributed by atoms with Crippen LogP contribution in [0, 0.1) is 0 Å². The lowest BCUT2D eigenvalue weighted by Crippen LogP contribution is -2.14. The second-order valence-electron chi connectivity index (χ2n) is 8.05. The normalized spacial score (nSPS) is 11.5. The summed E-state index contributed by atoms with van der Waals surface area (Å²) in [5, 5.41) is 16.3. The molecule has 2 heterocycles. The lowest BCUT2D eigenvalue weighted by molar-refractivity contribution is -0.137. The van der Waals surface area contributed by atoms with Gasteiger partial charge in [0.2, 0.25) is 6.41 Å². The second-order valence-corrected chi connectivity index (χ2v) is 8.05. The van der Waals surface area contributed by atoms with Gasteiger partial charge in [0.15, 0.2) is 0 Å². The Hall–Kier alpha value is -3.85. The van der Waals surface area contributed by atoms with Crippen LogP contribution in [0.3, 0.4) is 0 Å². The molecule has 1 amide bonds. The number of pyridine rings is 1. The smallest absolute Gasteiger partial charge is 0.388 e. The van der Waals surface area contributed by atoms with Crippen molar-refractivity contribution < 1.29 is 23.1 Å². The number of nitrogens with one attached hydrogen (secondary N) is 3. The van der Waals surface area contributed by atoms with E-state index in [4.69, 9.17) is 0 Å². The van der Waals surface area contributed by atoms with Gasteiger partial charge in [-0.05, 0) is 55.3 Å². The van der Waals surface area contributed by atoms with Gasteiger partial charge in [0, 0.05) is 36.1 Å². The first-order chi connectivity index (χ1) is 16.0. The van der Waals surface area contributed by atoms with Crippen LogP contribution in [0.2, 0.25) is 0 Å². The molecule has 2 aromatic heterocycles. The molecule has 4 aromatic rings. The third-order valence-corrected chi connectivity index (χ3v) is 5.17. The monoisotopic (exact) mass is 470 g/mol. The number of aromatic amines is 1. The largest absolute Gasteiger partial charge is 0.416 e. The van der Waals surface area contributed by atoms with E-state index in [0.29, 0.717) is 17.8 Å². The maximum atomic E-state index is 12.0. The highest BCUT2D eigenvalue weighted by Gasteiger charge is 2.29. The van der Waals surface area contributed by atoms with E-state index >= 15 is 0 Å². The van der Waals surface area contributed by atoms with E-state index in [2.05, 4.69) is 20.6 Å². The Balaban J connectivity index is 0.000000229. The van der Waals surface area contributed by atoms with E-state index in [1.807, 2.05) is 30.3 Å². The highest BCUT2D eigenvalue weighted by molar-refractivity contribution is 5.96. The molecule has 178 valence electrons. The van der Waals surface area contributed by atoms with Gasteiger partial charge < -0.3 is 20.7 Å². The molecule has 0 aliphatic carbocycles. The number of alkyl halides is 3. The molecule has 9 heteroatoms. The Bertz CT molecular complexity index is 1240. The standard InChI is InChI=1S/C17H17N3O2.C8H8F3N/c1-17(2,22)13-5-3-11(4-6-13)12-7-14-15(20-10-21)9-19-16(14)18-8-12;1-12-7-4-2-6(3-5-7)8(9,10)11/h3-10,22H,1-2H3,(H,18,19)(H,20,21);2-5,12H,1H3. The van der Waals surface area contributed by atoms with Crippen LogP contribution >= 0.6 is 0 Å². The van der Waals surface area contributed by atoms with Gasteiger partial charge in [0.1, 0.15) is 5.65 Å². The van der Waals surface area contributed by atoms with Crippen molar-refractivity contribution in [1.82, 2.24) is 9.97 Å². The van der Waals surface area contributed by atoms with E-state index in [1.54, 1.807) is 33.3 Å². The molecular weight excluding hydrogens is 445 g/mol. The quantitative estimate of drug-likeness (QED) is 0.279. The lowest BCUT2D eigenvalue weighted by Gasteiger charge is -2.17. The van der Waals surface area contributed by atoms with Gasteiger partial charge in [0.05, 0.1) is 16.9 Å². The minimum atomic E-state index is -4.24. The molecule has 6 nitrogen and oxygen atoms in total. The van der Waals surface area contributed by atoms with Crippen molar-refractivity contribution in [1.29, 1.82) is 0 Å². The molecule has 0 fully saturated rings. The van der Waals surface area contributed by atoms with Crippen LogP contribution in [0.25, 0.3) is 22.2 Å². The molecule has 0 aliphatic heterocycles. The summed E-state index contributed by atoms with van der Waals surface area (Å²) < 4.78 is 36.0. The fraction of sp³-hybridized carbons (Fsp3) is 0.200. The number of halogens is 3. The number of rotatable bonds is 5. The van der Waals surface area contributed by atoms with Crippen LogP contribution in [-0.2, 0) is 16.6 Å². The average molecular weight is 470 g/mol. The van der Waals surface area contributed by atoms with Gasteiger partial charge in [-0.15, -0.1) is 0 Å². The Labute approximate surface area is 194 Å². The van der Waals surface area contributed by atoms with E-state index in [1.165, 1.54) is 12.1 Å². The number of aliphatic hydroxyl groups is 1. The Morgan fingerprint density at radius 3 is 2.12 bits per heavy atom. The number of carbonyl (C=O) groups excluding carboxylic acids is 1. The second kappa shape index (κ2) is 9.96. The van der Waals surface area contributed by atoms with Crippen LogP contribution in [0.15, 0.2) is 67.0 Å². The minimum absolute atomic E-state index is 0.624. The number of amides is 1. The molecule has 0 saturated heterocycles. The fourth-order valence-corrected chi connectivity index (χ4v) is 3.24. The maximum Gasteiger partial charge on any atom is 0.416 e. The number of carbonyl (C=O) groups is 1. The summed E-state index contributed by atoms with van der Waals surface area (Å²) in [5.74, 6) is 0. The Morgan fingerprint density at radius 2 is 1.59 bits per heavy atom. The zero-order valence-corrected chi connectivity index (χ0v) is 18.9. The fourth-order valence-electron chi connectivity index (χ4n) is 3.24. The van der Waals surface area contributed by atoms with E-state index in [9.17, 15) is 23.1 Å². The highest BCUT2D eigenvalue weighted by atomic mass is 19.4. The Kier molecular flexibility index (Phi) is 7.26. The molecule has 0 spiro atoms. The Morgan fingerprint density at radius 1 is 0.971 bits per heavy atom. The molecule has 4 N–H and O–H groups in total. The first-order valence-electron chi connectivity index (χ1n) is 10.4. The number of hydrogen-bond acceptors (Lipinski definition) is 4. The van der Waals surface area contributed by atoms with Gasteiger partial charge in [-0.3, -0.25) is 4.79 Å². The molecule has 0 atom stereocenters. The van der Waals surface area contributed by atoms with Gasteiger partial charge in [-0.25, -0.2) is 4.98 Å². The van der Waals surface area contributed by atoms with Crippen molar-refractivity contribution in [2.75, 3.05) is 17.7 Å². The van der Waals surface area contributed by atoms with E-state index < -0.39 is 17.3 Å². The summed E-state index contributed by atoms with van der Waals surface area (Å²) >= 11 is 0. The molecule has 0 bridgehead atoms. The van der Waals surface area contributed by atoms with Crippen LogP contribution in [0.4, 0.5) is 24.5 Å². The van der Waals surface area contributed by atoms with Crippen LogP contribution < -0.4 is 10.6 Å². The van der Waals surface area contributed by atoms with Crippen molar-refractivity contribution in [2.24, 2.45) is 0 Å². The number of benzene rings is 2. The van der Waals surface area contributed by atoms with Crippen molar-refractivity contribution in [3.05, 3.63) is 78.1 Å². The molecule has 2 aromatic carbocycles. The predicted molar refractivity (Wildman–Crippen MR) is 127 cm³/mol. The molecule has 34 heavy (non-hydrogen) atoms. The maximum absolute atomic E-state index is 12.0. The molecule has 0 saturated carbocycles. The zero-order chi connectivity index (χ0) is 24.9. The van der Waals surface area contributed by atoms with Crippen LogP contribution in [-0.4, -0.2) is 28.5 Å². The summed E-state index contributed by atoms with van der Waals surface area (Å²) in [6.45, 7) is 3.51. The summed E-state index contributed by atoms with van der Waals surface area (Å²) in [5.41, 5.74) is 3.42. The van der Waals surface area contributed by atoms with Crippen molar-refractivity contribution >= 4 is 28.8 Å². The van der Waals surface area contributed by atoms with E-state index in [-0.39, 0.29) is 0 Å². The predicted octanol–water partition coefficient (Wildman–Crippen LogP) is 5.77. The number of anilines is 2. The van der Waals surface area contributed by atoms with Crippen molar-refractivity contribution in [3.63, 3.8) is 0 Å². The number of aromatic nitrogens is 2. The number of hydrogen-bond donors (Lipinski definition) is 4. The third-order valence-electron chi connectivity index (χ3n) is 5.17. The SMILES string of the molecule is CC(C)(O)c1ccc(-c2cnc3[nH]cc(NC=O)c3c2)cc1.CNc1ccc(C(F)(F)F)cc1. The molecule has 0 aliphatic rings. The minimum Gasteiger partial charge on any atom is -0.388 e. The first kappa shape index (κ1) is 24.8. The first-order valence-corrected chi connectivity index (χ1v) is 10.4. The van der Waals surface area contributed by atoms with Crippen LogP contribution in [0.5, 0.6) is 0 Å². The molecule has 0 radical (unpaired) electrons. The molecule has 4 rings (SSSR count). The topological polar surface area (TPSA) is 90.0 Å². The average Bonchev–Trinajstić information content (AvgIpc) is 3.21. The van der Waals surface area contributed by atoms with Crippen molar-refractivity contribution in [3.8, 4) is 11.1 Å². The molecular formula is C25H25F3N4O2. The van der Waals surface area contributed by atoms with Gasteiger partial charge in [0.25, 0.3) is 0 Å². The zero-order valence-electron chi connectivity index (χ0n) is 18.9. The summed E-state index contributed by atoms with van der Waals surface area (Å²) in [6, 6.07) is 14.6. The van der Waals surface area contributed by atoms with Gasteiger partial charge in [-0.2, -0.15) is 13.2 Å². The summed E-state index contributed by atoms with van der Waals surface area (Å²) in [6.07, 6.45) is -0.102. The number of H-pyrrole nitrogens is 1. The van der Waals surface area contributed by atoms with Crippen LogP contribution in [0.1, 0.15) is 25.0 Å². The summed E-state index contributed by atoms with van der Waals surface area (Å²) in [7, 11) is 1.66. The highest BCUT2D eigenvalue weighted by Crippen LogP contribution is 2.30. The third kappa shape index (κ3) is 5.93. The molecule has 0 unspecified atom stereocenters. The van der Waals surface area contributed by atoms with Gasteiger partial charge in [-0.1, -0.05) is 24.3 Å². The van der Waals surface area contributed by atoms with Gasteiger partial charge >= 0.3 is 6.18 Å².